The third-order valence-corrected chi connectivity index (χ3v) is 3.53. The number of hydrogen-bond donors (Lipinski definition) is 1. The van der Waals surface area contributed by atoms with Crippen molar-refractivity contribution in [2.75, 3.05) is 5.43 Å². The van der Waals surface area contributed by atoms with E-state index in [1.54, 1.807) is 17.0 Å². The first kappa shape index (κ1) is 13.3. The molecule has 0 unspecified atom stereocenters. The zero-order chi connectivity index (χ0) is 15.6. The predicted molar refractivity (Wildman–Crippen MR) is 88.4 cm³/mol. The van der Waals surface area contributed by atoms with E-state index < -0.39 is 0 Å². The van der Waals surface area contributed by atoms with Crippen molar-refractivity contribution in [2.24, 2.45) is 5.10 Å². The maximum absolute atomic E-state index is 4.48. The fourth-order valence-electron chi connectivity index (χ4n) is 2.38. The van der Waals surface area contributed by atoms with E-state index >= 15 is 0 Å². The molecule has 0 radical (unpaired) electrons. The molecule has 0 aliphatic carbocycles. The average molecular weight is 303 g/mol. The molecule has 3 heterocycles. The van der Waals surface area contributed by atoms with Crippen molar-refractivity contribution >= 4 is 27.9 Å². The molecule has 112 valence electrons. The van der Waals surface area contributed by atoms with Crippen LogP contribution in [0.15, 0.2) is 60.1 Å². The van der Waals surface area contributed by atoms with Crippen LogP contribution in [0.4, 0.5) is 5.82 Å². The zero-order valence-corrected chi connectivity index (χ0v) is 12.4. The smallest absolute Gasteiger partial charge is 0.185 e. The first-order valence-corrected chi connectivity index (χ1v) is 7.13. The molecule has 0 aliphatic heterocycles. The highest BCUT2D eigenvalue weighted by Gasteiger charge is 2.09. The van der Waals surface area contributed by atoms with E-state index in [9.17, 15) is 0 Å². The van der Waals surface area contributed by atoms with E-state index in [-0.39, 0.29) is 0 Å². The van der Waals surface area contributed by atoms with E-state index in [1.165, 1.54) is 0 Å². The van der Waals surface area contributed by atoms with Gasteiger partial charge in [-0.3, -0.25) is 10.4 Å². The van der Waals surface area contributed by atoms with Crippen molar-refractivity contribution in [1.29, 1.82) is 0 Å². The van der Waals surface area contributed by atoms with Crippen molar-refractivity contribution in [3.63, 3.8) is 0 Å². The Hall–Kier alpha value is -3.35. The van der Waals surface area contributed by atoms with Crippen LogP contribution >= 0.6 is 0 Å². The van der Waals surface area contributed by atoms with Crippen molar-refractivity contribution in [3.8, 4) is 0 Å². The van der Waals surface area contributed by atoms with Gasteiger partial charge < -0.3 is 0 Å². The Morgan fingerprint density at radius 3 is 2.74 bits per heavy atom. The summed E-state index contributed by atoms with van der Waals surface area (Å²) in [6.45, 7) is 1.90. The molecule has 0 spiro atoms. The van der Waals surface area contributed by atoms with Crippen molar-refractivity contribution in [1.82, 2.24) is 24.8 Å². The Labute approximate surface area is 131 Å². The lowest BCUT2D eigenvalue weighted by Gasteiger charge is -2.07. The second-order valence-corrected chi connectivity index (χ2v) is 5.02. The molecular weight excluding hydrogens is 290 g/mol. The number of rotatable bonds is 3. The third kappa shape index (κ3) is 2.38. The summed E-state index contributed by atoms with van der Waals surface area (Å²) in [5, 5.41) is 18.8. The van der Waals surface area contributed by atoms with Gasteiger partial charge in [0.1, 0.15) is 6.33 Å². The number of hydrogen-bond acceptors (Lipinski definition) is 6. The van der Waals surface area contributed by atoms with Crippen LogP contribution < -0.4 is 5.43 Å². The number of aromatic nitrogens is 5. The lowest BCUT2D eigenvalue weighted by atomic mass is 10.2. The topological polar surface area (TPSA) is 80.4 Å². The third-order valence-electron chi connectivity index (χ3n) is 3.53. The standard InChI is InChI=1S/C16H13N7/c1-11(14-8-4-5-9-17-14)19-20-15-12-6-2-3-7-13(12)16-21-18-10-23(16)22-15/h2-10H,1H3,(H,20,22). The first-order chi connectivity index (χ1) is 11.3. The minimum Gasteiger partial charge on any atom is -0.259 e. The van der Waals surface area contributed by atoms with E-state index in [0.29, 0.717) is 5.82 Å². The molecule has 3 aromatic heterocycles. The molecule has 0 fully saturated rings. The minimum atomic E-state index is 0.642. The summed E-state index contributed by atoms with van der Waals surface area (Å²) in [5.41, 5.74) is 5.34. The molecule has 7 heteroatoms. The monoisotopic (exact) mass is 303 g/mol. The van der Waals surface area contributed by atoms with Crippen LogP contribution in [0.2, 0.25) is 0 Å². The lowest BCUT2D eigenvalue weighted by Crippen LogP contribution is -2.05. The number of fused-ring (bicyclic) bond motifs is 3. The summed E-state index contributed by atoms with van der Waals surface area (Å²) < 4.78 is 1.64. The summed E-state index contributed by atoms with van der Waals surface area (Å²) in [5.74, 6) is 0.642. The van der Waals surface area contributed by atoms with E-state index in [2.05, 4.69) is 30.8 Å². The van der Waals surface area contributed by atoms with Gasteiger partial charge in [0.05, 0.1) is 11.4 Å². The highest BCUT2D eigenvalue weighted by Crippen LogP contribution is 2.23. The van der Waals surface area contributed by atoms with Crippen LogP contribution in [0.3, 0.4) is 0 Å². The van der Waals surface area contributed by atoms with Gasteiger partial charge in [0.25, 0.3) is 0 Å². The van der Waals surface area contributed by atoms with Gasteiger partial charge in [-0.25, -0.2) is 0 Å². The largest absolute Gasteiger partial charge is 0.259 e. The molecule has 1 N–H and O–H groups in total. The number of nitrogens with zero attached hydrogens (tertiary/aromatic N) is 6. The normalized spacial score (nSPS) is 12.0. The van der Waals surface area contributed by atoms with Gasteiger partial charge in [0, 0.05) is 17.0 Å². The Balaban J connectivity index is 1.79. The Morgan fingerprint density at radius 1 is 1.09 bits per heavy atom. The van der Waals surface area contributed by atoms with E-state index in [0.717, 1.165) is 27.8 Å². The lowest BCUT2D eigenvalue weighted by molar-refractivity contribution is 0.934. The van der Waals surface area contributed by atoms with Gasteiger partial charge in [0.2, 0.25) is 0 Å². The molecule has 0 bridgehead atoms. The van der Waals surface area contributed by atoms with Crippen LogP contribution in [0, 0.1) is 0 Å². The Bertz CT molecular complexity index is 1000. The quantitative estimate of drug-likeness (QED) is 0.464. The molecule has 7 nitrogen and oxygen atoms in total. The van der Waals surface area contributed by atoms with Gasteiger partial charge in [-0.05, 0) is 19.1 Å². The summed E-state index contributed by atoms with van der Waals surface area (Å²) >= 11 is 0. The van der Waals surface area contributed by atoms with Crippen LogP contribution in [-0.2, 0) is 0 Å². The molecule has 0 saturated carbocycles. The number of nitrogens with one attached hydrogen (secondary N) is 1. The maximum atomic E-state index is 4.48. The van der Waals surface area contributed by atoms with E-state index in [4.69, 9.17) is 0 Å². The summed E-state index contributed by atoms with van der Waals surface area (Å²) in [7, 11) is 0. The van der Waals surface area contributed by atoms with Crippen LogP contribution in [-0.4, -0.2) is 30.5 Å². The summed E-state index contributed by atoms with van der Waals surface area (Å²) in [4.78, 5) is 4.28. The highest BCUT2D eigenvalue weighted by molar-refractivity contribution is 6.01. The molecular formula is C16H13N7. The number of pyridine rings is 1. The molecule has 4 rings (SSSR count). The van der Waals surface area contributed by atoms with Crippen molar-refractivity contribution in [2.45, 2.75) is 6.92 Å². The Morgan fingerprint density at radius 2 is 1.91 bits per heavy atom. The SMILES string of the molecule is CC(=NNc1nn2cnnc2c2ccccc12)c1ccccn1. The Kier molecular flexibility index (Phi) is 3.16. The molecule has 0 atom stereocenters. The van der Waals surface area contributed by atoms with Gasteiger partial charge in [-0.1, -0.05) is 30.3 Å². The summed E-state index contributed by atoms with van der Waals surface area (Å²) in [6.07, 6.45) is 3.31. The minimum absolute atomic E-state index is 0.642. The van der Waals surface area contributed by atoms with Crippen molar-refractivity contribution < 1.29 is 0 Å². The molecule has 1 aromatic carbocycles. The summed E-state index contributed by atoms with van der Waals surface area (Å²) in [6, 6.07) is 13.6. The molecule has 0 saturated heterocycles. The predicted octanol–water partition coefficient (Wildman–Crippen LogP) is 2.51. The maximum Gasteiger partial charge on any atom is 0.185 e. The van der Waals surface area contributed by atoms with Gasteiger partial charge in [-0.15, -0.1) is 15.3 Å². The van der Waals surface area contributed by atoms with Crippen molar-refractivity contribution in [3.05, 3.63) is 60.7 Å². The van der Waals surface area contributed by atoms with Gasteiger partial charge in [-0.2, -0.15) is 9.62 Å². The number of hydrazone groups is 1. The average Bonchev–Trinajstić information content (AvgIpc) is 3.09. The second kappa shape index (κ2) is 5.45. The van der Waals surface area contributed by atoms with Gasteiger partial charge >= 0.3 is 0 Å². The zero-order valence-electron chi connectivity index (χ0n) is 12.4. The number of anilines is 1. The van der Waals surface area contributed by atoms with Crippen LogP contribution in [0.1, 0.15) is 12.6 Å². The highest BCUT2D eigenvalue weighted by atomic mass is 15.4. The molecule has 4 aromatic rings. The molecule has 0 aliphatic rings. The van der Waals surface area contributed by atoms with Crippen LogP contribution in [0.5, 0.6) is 0 Å². The number of benzene rings is 1. The fraction of sp³-hybridized carbons (Fsp3) is 0.0625. The molecule has 23 heavy (non-hydrogen) atoms. The fourth-order valence-corrected chi connectivity index (χ4v) is 2.38. The van der Waals surface area contributed by atoms with Gasteiger partial charge in [0.15, 0.2) is 11.5 Å². The first-order valence-electron chi connectivity index (χ1n) is 7.13. The van der Waals surface area contributed by atoms with Crippen LogP contribution in [0.25, 0.3) is 16.4 Å². The second-order valence-electron chi connectivity index (χ2n) is 5.02. The van der Waals surface area contributed by atoms with E-state index in [1.807, 2.05) is 49.4 Å². The molecule has 0 amide bonds.